The second-order valence-electron chi connectivity index (χ2n) is 4.60. The van der Waals surface area contributed by atoms with E-state index < -0.39 is 0 Å². The minimum Gasteiger partial charge on any atom is -0.233 e. The van der Waals surface area contributed by atoms with Gasteiger partial charge in [-0.1, -0.05) is 69.7 Å². The molecule has 0 spiro atoms. The van der Waals surface area contributed by atoms with Crippen LogP contribution >= 0.6 is 0 Å². The Morgan fingerprint density at radius 3 is 2.36 bits per heavy atom. The third-order valence-corrected chi connectivity index (χ3v) is 3.23. The molecule has 1 heterocycles. The zero-order valence-corrected chi connectivity index (χ0v) is 14.5. The maximum atomic E-state index is 4.49. The highest BCUT2D eigenvalue weighted by molar-refractivity contribution is 5.82. The van der Waals surface area contributed by atoms with Crippen LogP contribution in [-0.2, 0) is 0 Å². The Labute approximate surface area is 134 Å². The van der Waals surface area contributed by atoms with Crippen LogP contribution in [0.25, 0.3) is 16.6 Å². The molecule has 2 heteroatoms. The number of benzene rings is 1. The van der Waals surface area contributed by atoms with Crippen LogP contribution in [0, 0.1) is 0 Å². The number of allylic oxidation sites excluding steroid dienone is 6. The molecule has 2 aromatic rings. The first-order chi connectivity index (χ1) is 10.8. The van der Waals surface area contributed by atoms with Crippen LogP contribution in [0.15, 0.2) is 60.3 Å². The minimum absolute atomic E-state index is 1.06. The Hall–Kier alpha value is -2.09. The van der Waals surface area contributed by atoms with Crippen molar-refractivity contribution in [3.63, 3.8) is 0 Å². The topological polar surface area (TPSA) is 17.8 Å². The molecule has 0 bridgehead atoms. The summed E-state index contributed by atoms with van der Waals surface area (Å²) in [5.74, 6) is 0. The fourth-order valence-electron chi connectivity index (χ4n) is 2.23. The number of rotatable bonds is 1. The van der Waals surface area contributed by atoms with E-state index in [1.165, 1.54) is 11.0 Å². The molecule has 1 aliphatic carbocycles. The number of fused-ring (bicyclic) bond motifs is 1. The first-order valence-corrected chi connectivity index (χ1v) is 8.33. The highest BCUT2D eigenvalue weighted by atomic mass is 15.3. The van der Waals surface area contributed by atoms with E-state index in [9.17, 15) is 0 Å². The predicted molar refractivity (Wildman–Crippen MR) is 98.8 cm³/mol. The first kappa shape index (κ1) is 18.0. The van der Waals surface area contributed by atoms with E-state index in [0.29, 0.717) is 0 Å². The van der Waals surface area contributed by atoms with Gasteiger partial charge in [-0.3, -0.25) is 0 Å². The van der Waals surface area contributed by atoms with Crippen molar-refractivity contribution < 1.29 is 0 Å². The van der Waals surface area contributed by atoms with Crippen LogP contribution in [0.3, 0.4) is 0 Å². The quantitative estimate of drug-likeness (QED) is 0.610. The second kappa shape index (κ2) is 9.78. The zero-order valence-electron chi connectivity index (χ0n) is 14.5. The van der Waals surface area contributed by atoms with Gasteiger partial charge in [0, 0.05) is 5.39 Å². The lowest BCUT2D eigenvalue weighted by Crippen LogP contribution is -1.97. The molecule has 0 atom stereocenters. The molecule has 118 valence electrons. The number of nitrogens with zero attached hydrogens (tertiary/aromatic N) is 2. The van der Waals surface area contributed by atoms with Gasteiger partial charge in [0.05, 0.1) is 17.4 Å². The summed E-state index contributed by atoms with van der Waals surface area (Å²) in [5.41, 5.74) is 3.64. The van der Waals surface area contributed by atoms with Crippen LogP contribution in [-0.4, -0.2) is 9.78 Å². The standard InChI is InChI=1S/C16H16N2.2C2H6/c1-13-6-2-4-8-15(11-10-13)18-16-9-5-3-7-14(16)12-17-18;2*1-2/h3,5-12H,2,4H2,1H3;2*1-2H3/b11-10-,13-6-,15-8-;;. The highest BCUT2D eigenvalue weighted by Gasteiger charge is 2.05. The maximum absolute atomic E-state index is 4.49. The third-order valence-electron chi connectivity index (χ3n) is 3.23. The summed E-state index contributed by atoms with van der Waals surface area (Å²) in [6.07, 6.45) is 12.9. The van der Waals surface area contributed by atoms with Gasteiger partial charge in [0.2, 0.25) is 0 Å². The van der Waals surface area contributed by atoms with Gasteiger partial charge in [-0.05, 0) is 31.9 Å². The van der Waals surface area contributed by atoms with Gasteiger partial charge >= 0.3 is 0 Å². The predicted octanol–water partition coefficient (Wildman–Crippen LogP) is 6.23. The van der Waals surface area contributed by atoms with Crippen LogP contribution in [0.1, 0.15) is 47.5 Å². The van der Waals surface area contributed by atoms with Crippen molar-refractivity contribution in [1.29, 1.82) is 0 Å². The molecule has 0 unspecified atom stereocenters. The van der Waals surface area contributed by atoms with E-state index in [1.807, 2.05) is 44.6 Å². The molecule has 1 aromatic carbocycles. The summed E-state index contributed by atoms with van der Waals surface area (Å²) in [6.45, 7) is 10.1. The van der Waals surface area contributed by atoms with Gasteiger partial charge in [0.1, 0.15) is 0 Å². The lowest BCUT2D eigenvalue weighted by Gasteiger charge is -2.07. The SMILES string of the molecule is CC.CC.CC1=C/CC/C=C(n2ncc3ccccc32)/C=C\1. The van der Waals surface area contributed by atoms with Gasteiger partial charge in [0.15, 0.2) is 0 Å². The fraction of sp³-hybridized carbons (Fsp3) is 0.350. The lowest BCUT2D eigenvalue weighted by molar-refractivity contribution is 0.923. The molecule has 0 saturated carbocycles. The van der Waals surface area contributed by atoms with Crippen molar-refractivity contribution in [1.82, 2.24) is 9.78 Å². The summed E-state index contributed by atoms with van der Waals surface area (Å²) >= 11 is 0. The van der Waals surface area contributed by atoms with Crippen LogP contribution < -0.4 is 0 Å². The molecule has 0 radical (unpaired) electrons. The fourth-order valence-corrected chi connectivity index (χ4v) is 2.23. The van der Waals surface area contributed by atoms with Crippen molar-refractivity contribution in [2.75, 3.05) is 0 Å². The zero-order chi connectivity index (χ0) is 16.4. The van der Waals surface area contributed by atoms with Crippen LogP contribution in [0.2, 0.25) is 0 Å². The molecular formula is C20H28N2. The summed E-state index contributed by atoms with van der Waals surface area (Å²) in [4.78, 5) is 0. The largest absolute Gasteiger partial charge is 0.233 e. The normalized spacial score (nSPS) is 19.9. The van der Waals surface area contributed by atoms with E-state index in [2.05, 4.69) is 54.5 Å². The number of hydrogen-bond acceptors (Lipinski definition) is 1. The molecule has 1 aromatic heterocycles. The molecular weight excluding hydrogens is 268 g/mol. The molecule has 0 N–H and O–H groups in total. The molecule has 2 nitrogen and oxygen atoms in total. The summed E-state index contributed by atoms with van der Waals surface area (Å²) in [7, 11) is 0. The Morgan fingerprint density at radius 2 is 1.59 bits per heavy atom. The van der Waals surface area contributed by atoms with Crippen molar-refractivity contribution in [3.8, 4) is 0 Å². The average Bonchev–Trinajstić information content (AvgIpc) is 2.99. The third kappa shape index (κ3) is 4.45. The van der Waals surface area contributed by atoms with Crippen LogP contribution in [0.5, 0.6) is 0 Å². The average molecular weight is 296 g/mol. The van der Waals surface area contributed by atoms with Crippen molar-refractivity contribution in [2.24, 2.45) is 0 Å². The monoisotopic (exact) mass is 296 g/mol. The number of para-hydroxylation sites is 1. The van der Waals surface area contributed by atoms with E-state index >= 15 is 0 Å². The summed E-state index contributed by atoms with van der Waals surface area (Å²) < 4.78 is 2.02. The summed E-state index contributed by atoms with van der Waals surface area (Å²) in [5, 5.41) is 5.68. The van der Waals surface area contributed by atoms with E-state index in [0.717, 1.165) is 24.1 Å². The van der Waals surface area contributed by atoms with Gasteiger partial charge in [0.25, 0.3) is 0 Å². The molecule has 0 aliphatic heterocycles. The van der Waals surface area contributed by atoms with Crippen molar-refractivity contribution >= 4 is 16.6 Å². The maximum Gasteiger partial charge on any atom is 0.0740 e. The Morgan fingerprint density at radius 1 is 0.909 bits per heavy atom. The lowest BCUT2D eigenvalue weighted by atomic mass is 10.1. The number of hydrogen-bond donors (Lipinski definition) is 0. The van der Waals surface area contributed by atoms with Gasteiger partial charge in [-0.15, -0.1) is 0 Å². The van der Waals surface area contributed by atoms with Gasteiger partial charge in [-0.25, -0.2) is 4.68 Å². The van der Waals surface area contributed by atoms with E-state index in [-0.39, 0.29) is 0 Å². The highest BCUT2D eigenvalue weighted by Crippen LogP contribution is 2.20. The summed E-state index contributed by atoms with van der Waals surface area (Å²) in [6, 6.07) is 8.30. The van der Waals surface area contributed by atoms with Gasteiger partial charge in [-0.2, -0.15) is 5.10 Å². The molecule has 0 saturated heterocycles. The molecule has 0 fully saturated rings. The number of aromatic nitrogens is 2. The van der Waals surface area contributed by atoms with Crippen LogP contribution in [0.4, 0.5) is 0 Å². The van der Waals surface area contributed by atoms with Crippen molar-refractivity contribution in [3.05, 3.63) is 60.3 Å². The molecule has 1 aliphatic rings. The minimum atomic E-state index is 1.06. The molecule has 0 amide bonds. The molecule has 22 heavy (non-hydrogen) atoms. The van der Waals surface area contributed by atoms with E-state index in [4.69, 9.17) is 0 Å². The smallest absolute Gasteiger partial charge is 0.0740 e. The Bertz CT molecular complexity index is 657. The Kier molecular flexibility index (Phi) is 7.98. The Balaban J connectivity index is 0.000000561. The first-order valence-electron chi connectivity index (χ1n) is 8.33. The van der Waals surface area contributed by atoms with Gasteiger partial charge < -0.3 is 0 Å². The second-order valence-corrected chi connectivity index (χ2v) is 4.60. The van der Waals surface area contributed by atoms with Crippen molar-refractivity contribution in [2.45, 2.75) is 47.5 Å². The molecule has 3 rings (SSSR count). The van der Waals surface area contributed by atoms with E-state index in [1.54, 1.807) is 0 Å².